The van der Waals surface area contributed by atoms with Crippen LogP contribution in [0.2, 0.25) is 5.02 Å². The maximum absolute atomic E-state index is 15.5. The molecular formula is C22H28ClFN4O2. The monoisotopic (exact) mass is 434 g/mol. The molecule has 1 amide bonds. The molecule has 3 rings (SSSR count). The molecule has 0 aliphatic carbocycles. The number of nitrogens with one attached hydrogen (secondary N) is 1. The molecule has 6 nitrogen and oxygen atoms in total. The highest BCUT2D eigenvalue weighted by atomic mass is 35.5. The van der Waals surface area contributed by atoms with E-state index < -0.39 is 17.5 Å². The van der Waals surface area contributed by atoms with Crippen molar-refractivity contribution in [2.45, 2.75) is 59.1 Å². The summed E-state index contributed by atoms with van der Waals surface area (Å²) in [4.78, 5) is 22.5. The molecule has 0 spiro atoms. The second-order valence-electron chi connectivity index (χ2n) is 8.70. The molecule has 0 atom stereocenters. The lowest BCUT2D eigenvalue weighted by atomic mass is 10.0. The Kier molecular flexibility index (Phi) is 6.50. The third-order valence-electron chi connectivity index (χ3n) is 4.92. The van der Waals surface area contributed by atoms with E-state index in [2.05, 4.69) is 15.3 Å². The Morgan fingerprint density at radius 1 is 1.23 bits per heavy atom. The standard InChI is InChI=1S/C22H28ClFN4O2/c1-13-10-14(2)19(25-11-13)17-16(23)12-26-20(18(17)24)28-8-6-15(7-9-28)27-21(29)30-22(3,4)5/h10-12,15H,6-9H2,1-5H3,(H,27,29). The van der Waals surface area contributed by atoms with E-state index in [0.29, 0.717) is 31.6 Å². The number of aryl methyl sites for hydroxylation is 2. The predicted molar refractivity (Wildman–Crippen MR) is 117 cm³/mol. The van der Waals surface area contributed by atoms with Crippen LogP contribution in [0, 0.1) is 19.7 Å². The molecule has 8 heteroatoms. The van der Waals surface area contributed by atoms with Gasteiger partial charge in [0.15, 0.2) is 11.6 Å². The number of nitrogens with zero attached hydrogens (tertiary/aromatic N) is 3. The molecule has 0 bridgehead atoms. The highest BCUT2D eigenvalue weighted by molar-refractivity contribution is 6.33. The van der Waals surface area contributed by atoms with E-state index in [1.807, 2.05) is 45.6 Å². The van der Waals surface area contributed by atoms with Crippen LogP contribution in [-0.4, -0.2) is 40.8 Å². The van der Waals surface area contributed by atoms with Crippen molar-refractivity contribution in [1.29, 1.82) is 0 Å². The van der Waals surface area contributed by atoms with Crippen molar-refractivity contribution in [1.82, 2.24) is 15.3 Å². The van der Waals surface area contributed by atoms with Crippen LogP contribution in [0.5, 0.6) is 0 Å². The van der Waals surface area contributed by atoms with Gasteiger partial charge in [-0.25, -0.2) is 14.2 Å². The quantitative estimate of drug-likeness (QED) is 0.732. The lowest BCUT2D eigenvalue weighted by Gasteiger charge is -2.34. The Labute approximate surface area is 181 Å². The van der Waals surface area contributed by atoms with E-state index >= 15 is 4.39 Å². The average molecular weight is 435 g/mol. The van der Waals surface area contributed by atoms with Crippen LogP contribution in [0.25, 0.3) is 11.3 Å². The Morgan fingerprint density at radius 3 is 2.50 bits per heavy atom. The lowest BCUT2D eigenvalue weighted by Crippen LogP contribution is -2.46. The minimum atomic E-state index is -0.542. The first-order chi connectivity index (χ1) is 14.0. The summed E-state index contributed by atoms with van der Waals surface area (Å²) in [6, 6.07) is 1.93. The van der Waals surface area contributed by atoms with E-state index in [9.17, 15) is 4.79 Å². The number of alkyl carbamates (subject to hydrolysis) is 1. The van der Waals surface area contributed by atoms with Crippen molar-refractivity contribution >= 4 is 23.5 Å². The fourth-order valence-electron chi connectivity index (χ4n) is 3.58. The molecule has 0 radical (unpaired) electrons. The third-order valence-corrected chi connectivity index (χ3v) is 5.21. The molecule has 1 N–H and O–H groups in total. The van der Waals surface area contributed by atoms with Gasteiger partial charge in [0.2, 0.25) is 0 Å². The van der Waals surface area contributed by atoms with Gasteiger partial charge in [-0.15, -0.1) is 0 Å². The zero-order valence-corrected chi connectivity index (χ0v) is 18.8. The number of rotatable bonds is 3. The van der Waals surface area contributed by atoms with Crippen molar-refractivity contribution in [2.75, 3.05) is 18.0 Å². The minimum absolute atomic E-state index is 0.0214. The molecule has 1 aliphatic rings. The number of hydrogen-bond acceptors (Lipinski definition) is 5. The van der Waals surface area contributed by atoms with Gasteiger partial charge >= 0.3 is 6.09 Å². The largest absolute Gasteiger partial charge is 0.444 e. The van der Waals surface area contributed by atoms with Crippen LogP contribution in [0.15, 0.2) is 18.5 Å². The number of halogens is 2. The maximum Gasteiger partial charge on any atom is 0.407 e. The van der Waals surface area contributed by atoms with Gasteiger partial charge in [0.1, 0.15) is 5.60 Å². The van der Waals surface area contributed by atoms with E-state index in [1.165, 1.54) is 6.20 Å². The van der Waals surface area contributed by atoms with Gasteiger partial charge in [0.25, 0.3) is 0 Å². The van der Waals surface area contributed by atoms with Gasteiger partial charge in [-0.3, -0.25) is 4.98 Å². The first kappa shape index (κ1) is 22.3. The van der Waals surface area contributed by atoms with Gasteiger partial charge in [0, 0.05) is 31.5 Å². The smallest absolute Gasteiger partial charge is 0.407 e. The second-order valence-corrected chi connectivity index (χ2v) is 9.11. The molecule has 2 aromatic heterocycles. The fourth-order valence-corrected chi connectivity index (χ4v) is 3.80. The van der Waals surface area contributed by atoms with Crippen molar-refractivity contribution < 1.29 is 13.9 Å². The number of amides is 1. The lowest BCUT2D eigenvalue weighted by molar-refractivity contribution is 0.0497. The molecule has 162 valence electrons. The SMILES string of the molecule is Cc1cnc(-c2c(Cl)cnc(N3CCC(NC(=O)OC(C)(C)C)CC3)c2F)c(C)c1. The summed E-state index contributed by atoms with van der Waals surface area (Å²) in [5.41, 5.74) is 2.11. The number of carbonyl (C=O) groups is 1. The molecular weight excluding hydrogens is 407 g/mol. The molecule has 30 heavy (non-hydrogen) atoms. The summed E-state index contributed by atoms with van der Waals surface area (Å²) >= 11 is 6.30. The number of piperidine rings is 1. The normalized spacial score (nSPS) is 15.2. The van der Waals surface area contributed by atoms with Gasteiger partial charge in [-0.05, 0) is 58.6 Å². The van der Waals surface area contributed by atoms with Gasteiger partial charge in [-0.2, -0.15) is 0 Å². The summed E-state index contributed by atoms with van der Waals surface area (Å²) in [6.45, 7) is 10.4. The van der Waals surface area contributed by atoms with Crippen LogP contribution in [-0.2, 0) is 4.74 Å². The van der Waals surface area contributed by atoms with Gasteiger partial charge in [-0.1, -0.05) is 17.7 Å². The van der Waals surface area contributed by atoms with E-state index in [4.69, 9.17) is 16.3 Å². The Balaban J connectivity index is 1.75. The van der Waals surface area contributed by atoms with E-state index in [-0.39, 0.29) is 22.4 Å². The summed E-state index contributed by atoms with van der Waals surface area (Å²) in [5, 5.41) is 3.12. The first-order valence-corrected chi connectivity index (χ1v) is 10.4. The van der Waals surface area contributed by atoms with Gasteiger partial charge in [0.05, 0.1) is 16.3 Å². The number of pyridine rings is 2. The summed E-state index contributed by atoms with van der Waals surface area (Å²) < 4.78 is 20.8. The van der Waals surface area contributed by atoms with Crippen LogP contribution >= 0.6 is 11.6 Å². The third kappa shape index (κ3) is 5.19. The van der Waals surface area contributed by atoms with Crippen molar-refractivity contribution in [3.63, 3.8) is 0 Å². The fraction of sp³-hybridized carbons (Fsp3) is 0.500. The topological polar surface area (TPSA) is 67.4 Å². The van der Waals surface area contributed by atoms with Crippen LogP contribution in [0.4, 0.5) is 15.0 Å². The van der Waals surface area contributed by atoms with Crippen LogP contribution in [0.3, 0.4) is 0 Å². The maximum atomic E-state index is 15.5. The zero-order chi connectivity index (χ0) is 22.1. The van der Waals surface area contributed by atoms with Crippen LogP contribution < -0.4 is 10.2 Å². The molecule has 1 fully saturated rings. The van der Waals surface area contributed by atoms with Crippen molar-refractivity contribution in [3.05, 3.63) is 40.4 Å². The number of hydrogen-bond donors (Lipinski definition) is 1. The van der Waals surface area contributed by atoms with Crippen LogP contribution in [0.1, 0.15) is 44.7 Å². The Morgan fingerprint density at radius 2 is 1.90 bits per heavy atom. The zero-order valence-electron chi connectivity index (χ0n) is 18.1. The molecule has 0 unspecified atom stereocenters. The molecule has 3 heterocycles. The average Bonchev–Trinajstić information content (AvgIpc) is 2.63. The highest BCUT2D eigenvalue weighted by Gasteiger charge is 2.27. The molecule has 2 aromatic rings. The minimum Gasteiger partial charge on any atom is -0.444 e. The number of aromatic nitrogens is 2. The molecule has 0 aromatic carbocycles. The van der Waals surface area contributed by atoms with Gasteiger partial charge < -0.3 is 15.0 Å². The molecule has 1 aliphatic heterocycles. The van der Waals surface area contributed by atoms with Crippen molar-refractivity contribution in [2.24, 2.45) is 0 Å². The van der Waals surface area contributed by atoms with E-state index in [0.717, 1.165) is 11.1 Å². The van der Waals surface area contributed by atoms with Crippen molar-refractivity contribution in [3.8, 4) is 11.3 Å². The predicted octanol–water partition coefficient (Wildman–Crippen LogP) is 5.05. The molecule has 0 saturated carbocycles. The van der Waals surface area contributed by atoms with E-state index in [1.54, 1.807) is 6.20 Å². The highest BCUT2D eigenvalue weighted by Crippen LogP contribution is 2.35. The number of ether oxygens (including phenoxy) is 1. The Bertz CT molecular complexity index is 937. The number of carbonyl (C=O) groups excluding carboxylic acids is 1. The summed E-state index contributed by atoms with van der Waals surface area (Å²) in [5.74, 6) is -0.215. The first-order valence-electron chi connectivity index (χ1n) is 10.1. The summed E-state index contributed by atoms with van der Waals surface area (Å²) in [6.07, 6.45) is 4.08. The second kappa shape index (κ2) is 8.76. The summed E-state index contributed by atoms with van der Waals surface area (Å²) in [7, 11) is 0. The molecule has 1 saturated heterocycles. The number of anilines is 1. The Hall–Kier alpha value is -2.41.